The number of carbonyl (C=O) groups excluding carboxylic acids is 1. The molecule has 0 unspecified atom stereocenters. The fraction of sp³-hybridized carbons (Fsp3) is 0.529. The maximum absolute atomic E-state index is 12.6. The zero-order chi connectivity index (χ0) is 20.3. The van der Waals surface area contributed by atoms with Crippen LogP contribution in [0.25, 0.3) is 0 Å². The van der Waals surface area contributed by atoms with E-state index in [2.05, 4.69) is 20.6 Å². The van der Waals surface area contributed by atoms with Gasteiger partial charge in [0.1, 0.15) is 5.82 Å². The molecule has 0 radical (unpaired) electrons. The van der Waals surface area contributed by atoms with Crippen molar-refractivity contribution in [2.24, 2.45) is 13.0 Å². The monoisotopic (exact) mass is 398 g/mol. The summed E-state index contributed by atoms with van der Waals surface area (Å²) in [7, 11) is 3.37. The third-order valence-corrected chi connectivity index (χ3v) is 4.64. The smallest absolute Gasteiger partial charge is 0.383 e. The van der Waals surface area contributed by atoms with Gasteiger partial charge in [0, 0.05) is 51.3 Å². The molecule has 2 aromatic rings. The van der Waals surface area contributed by atoms with Crippen LogP contribution in [0.5, 0.6) is 0 Å². The Kier molecular flexibility index (Phi) is 5.82. The van der Waals surface area contributed by atoms with Crippen molar-refractivity contribution >= 4 is 11.7 Å². The molecular weight excluding hydrogens is 377 g/mol. The van der Waals surface area contributed by atoms with Crippen LogP contribution in [-0.4, -0.2) is 57.6 Å². The molecule has 2 atom stereocenters. The highest BCUT2D eigenvalue weighted by Crippen LogP contribution is 2.38. The first-order chi connectivity index (χ1) is 13.3. The van der Waals surface area contributed by atoms with E-state index < -0.39 is 11.9 Å². The second-order valence-corrected chi connectivity index (χ2v) is 6.62. The van der Waals surface area contributed by atoms with E-state index in [0.717, 1.165) is 11.6 Å². The van der Waals surface area contributed by atoms with Crippen LogP contribution in [0, 0.1) is 5.92 Å². The first kappa shape index (κ1) is 20.1. The Morgan fingerprint density at radius 1 is 1.32 bits per heavy atom. The Bertz CT molecular complexity index is 808. The second-order valence-electron chi connectivity index (χ2n) is 6.62. The summed E-state index contributed by atoms with van der Waals surface area (Å²) in [5, 5.41) is 14.0. The highest BCUT2D eigenvalue weighted by Gasteiger charge is 2.41. The Hall–Kier alpha value is -2.69. The van der Waals surface area contributed by atoms with Crippen molar-refractivity contribution in [2.75, 3.05) is 32.1 Å². The number of ether oxygens (including phenoxy) is 1. The number of carbonyl (C=O) groups is 1. The van der Waals surface area contributed by atoms with Crippen LogP contribution in [0.15, 0.2) is 24.5 Å². The molecule has 8 nitrogen and oxygen atoms in total. The summed E-state index contributed by atoms with van der Waals surface area (Å²) in [4.78, 5) is 14.3. The number of nitrogens with one attached hydrogen (secondary N) is 1. The number of amides is 1. The predicted molar refractivity (Wildman–Crippen MR) is 93.2 cm³/mol. The molecule has 1 aliphatic rings. The van der Waals surface area contributed by atoms with Gasteiger partial charge in [-0.25, -0.2) is 0 Å². The predicted octanol–water partition coefficient (Wildman–Crippen LogP) is 1.88. The van der Waals surface area contributed by atoms with Gasteiger partial charge in [-0.05, 0) is 12.1 Å². The lowest BCUT2D eigenvalue weighted by molar-refractivity contribution is -0.141. The number of anilines is 1. The van der Waals surface area contributed by atoms with Crippen LogP contribution in [0.4, 0.5) is 19.0 Å². The molecule has 0 bridgehead atoms. The molecule has 1 amide bonds. The summed E-state index contributed by atoms with van der Waals surface area (Å²) in [6.07, 6.45) is -0.650. The molecule has 1 N–H and O–H groups in total. The van der Waals surface area contributed by atoms with Crippen molar-refractivity contribution in [1.82, 2.24) is 24.9 Å². The van der Waals surface area contributed by atoms with E-state index >= 15 is 0 Å². The largest absolute Gasteiger partial charge is 0.435 e. The number of hydrogen-bond acceptors (Lipinski definition) is 6. The molecule has 3 rings (SSSR count). The molecule has 28 heavy (non-hydrogen) atoms. The third kappa shape index (κ3) is 4.41. The molecule has 0 saturated carbocycles. The molecule has 1 fully saturated rings. The van der Waals surface area contributed by atoms with Gasteiger partial charge in [0.15, 0.2) is 5.69 Å². The van der Waals surface area contributed by atoms with E-state index in [1.165, 1.54) is 6.07 Å². The van der Waals surface area contributed by atoms with Gasteiger partial charge < -0.3 is 15.0 Å². The first-order valence-electron chi connectivity index (χ1n) is 8.71. The van der Waals surface area contributed by atoms with Crippen molar-refractivity contribution in [3.8, 4) is 0 Å². The van der Waals surface area contributed by atoms with E-state index in [1.807, 2.05) is 6.20 Å². The number of nitrogens with zero attached hydrogens (tertiary/aromatic N) is 5. The molecular formula is C17H21F3N6O2. The Morgan fingerprint density at radius 2 is 2.11 bits per heavy atom. The van der Waals surface area contributed by atoms with Crippen LogP contribution in [-0.2, 0) is 22.8 Å². The van der Waals surface area contributed by atoms with Gasteiger partial charge in [-0.1, -0.05) is 0 Å². The van der Waals surface area contributed by atoms with Crippen LogP contribution in [0.1, 0.15) is 23.7 Å². The Balaban J connectivity index is 1.73. The number of methoxy groups -OCH3 is 1. The Morgan fingerprint density at radius 3 is 2.68 bits per heavy atom. The molecule has 2 aromatic heterocycles. The summed E-state index contributed by atoms with van der Waals surface area (Å²) in [6, 6.07) is 1.90. The fourth-order valence-electron chi connectivity index (χ4n) is 3.36. The minimum atomic E-state index is -4.53. The van der Waals surface area contributed by atoms with E-state index in [1.54, 1.807) is 29.9 Å². The minimum absolute atomic E-state index is 0.00351. The summed E-state index contributed by atoms with van der Waals surface area (Å²) in [5.74, 6) is 0.120. The minimum Gasteiger partial charge on any atom is -0.383 e. The zero-order valence-corrected chi connectivity index (χ0v) is 15.5. The number of aromatic nitrogens is 4. The quantitative estimate of drug-likeness (QED) is 0.767. The average molecular weight is 398 g/mol. The fourth-order valence-corrected chi connectivity index (χ4v) is 3.36. The summed E-state index contributed by atoms with van der Waals surface area (Å²) < 4.78 is 44.6. The Labute approximate surface area is 159 Å². The van der Waals surface area contributed by atoms with Gasteiger partial charge in [-0.3, -0.25) is 9.48 Å². The molecule has 152 valence electrons. The number of likely N-dealkylation sites (tertiary alicyclic amines) is 1. The summed E-state index contributed by atoms with van der Waals surface area (Å²) in [6.45, 7) is 1.22. The van der Waals surface area contributed by atoms with Crippen LogP contribution in [0.3, 0.4) is 0 Å². The van der Waals surface area contributed by atoms with Crippen molar-refractivity contribution < 1.29 is 22.7 Å². The average Bonchev–Trinajstić information content (AvgIpc) is 3.20. The molecule has 11 heteroatoms. The molecule has 0 aliphatic carbocycles. The van der Waals surface area contributed by atoms with Gasteiger partial charge >= 0.3 is 6.18 Å². The van der Waals surface area contributed by atoms with Crippen LogP contribution in [0.2, 0.25) is 0 Å². The lowest BCUT2D eigenvalue weighted by atomic mass is 9.95. The topological polar surface area (TPSA) is 85.2 Å². The molecule has 0 spiro atoms. The van der Waals surface area contributed by atoms with Gasteiger partial charge in [0.25, 0.3) is 0 Å². The van der Waals surface area contributed by atoms with Crippen molar-refractivity contribution in [3.05, 3.63) is 35.8 Å². The maximum atomic E-state index is 12.6. The van der Waals surface area contributed by atoms with E-state index in [0.29, 0.717) is 26.1 Å². The first-order valence-corrected chi connectivity index (χ1v) is 8.71. The van der Waals surface area contributed by atoms with Gasteiger partial charge in [-0.2, -0.15) is 18.3 Å². The van der Waals surface area contributed by atoms with Crippen molar-refractivity contribution in [3.63, 3.8) is 0 Å². The molecule has 3 heterocycles. The molecule has 1 saturated heterocycles. The SMILES string of the molecule is COCCN1C(=O)C[C@H](CNc2ccc(C(F)(F)F)nn2)[C@H]1c1cnn(C)c1. The lowest BCUT2D eigenvalue weighted by Gasteiger charge is -2.27. The van der Waals surface area contributed by atoms with E-state index in [-0.39, 0.29) is 23.7 Å². The number of rotatable bonds is 7. The number of alkyl halides is 3. The molecule has 1 aliphatic heterocycles. The van der Waals surface area contributed by atoms with Gasteiger partial charge in [-0.15, -0.1) is 10.2 Å². The van der Waals surface area contributed by atoms with Crippen molar-refractivity contribution in [1.29, 1.82) is 0 Å². The van der Waals surface area contributed by atoms with E-state index in [4.69, 9.17) is 4.74 Å². The lowest BCUT2D eigenvalue weighted by Crippen LogP contribution is -2.33. The van der Waals surface area contributed by atoms with Gasteiger partial charge in [0.2, 0.25) is 5.91 Å². The van der Waals surface area contributed by atoms with Crippen LogP contribution < -0.4 is 5.32 Å². The second kappa shape index (κ2) is 8.13. The van der Waals surface area contributed by atoms with Crippen molar-refractivity contribution in [2.45, 2.75) is 18.6 Å². The van der Waals surface area contributed by atoms with Crippen LogP contribution >= 0.6 is 0 Å². The number of halogens is 3. The molecule has 0 aromatic carbocycles. The van der Waals surface area contributed by atoms with E-state index in [9.17, 15) is 18.0 Å². The third-order valence-electron chi connectivity index (χ3n) is 4.64. The standard InChI is InChI=1S/C17H21F3N6O2/c1-25-10-12(9-22-25)16-11(7-15(27)26(16)5-6-28-2)8-21-14-4-3-13(23-24-14)17(18,19)20/h3-4,9-11,16H,5-8H2,1-2H3,(H,21,24)/t11-,16+/m1/s1. The highest BCUT2D eigenvalue weighted by atomic mass is 19.4. The highest BCUT2D eigenvalue weighted by molar-refractivity contribution is 5.79. The van der Waals surface area contributed by atoms with Gasteiger partial charge in [0.05, 0.1) is 18.8 Å². The summed E-state index contributed by atoms with van der Waals surface area (Å²) in [5.41, 5.74) is -0.150. The summed E-state index contributed by atoms with van der Waals surface area (Å²) >= 11 is 0. The number of hydrogen-bond donors (Lipinski definition) is 1. The normalized spacial score (nSPS) is 20.0. The number of aryl methyl sites for hydroxylation is 1. The zero-order valence-electron chi connectivity index (χ0n) is 15.5. The maximum Gasteiger partial charge on any atom is 0.435 e.